The van der Waals surface area contributed by atoms with Crippen LogP contribution >= 0.6 is 0 Å². The predicted molar refractivity (Wildman–Crippen MR) is 59.4 cm³/mol. The van der Waals surface area contributed by atoms with Gasteiger partial charge in [0.15, 0.2) is 0 Å². The van der Waals surface area contributed by atoms with Gasteiger partial charge in [0.2, 0.25) is 0 Å². The Morgan fingerprint density at radius 3 is 2.85 bits per heavy atom. The Kier molecular flexibility index (Phi) is 1.53. The average Bonchev–Trinajstić information content (AvgIpc) is 2.56. The normalized spacial score (nSPS) is 30.5. The number of rotatable bonds is 0. The zero-order chi connectivity index (χ0) is 8.67. The summed E-state index contributed by atoms with van der Waals surface area (Å²) in [6, 6.07) is 8.97. The summed E-state index contributed by atoms with van der Waals surface area (Å²) >= 11 is 0. The molecule has 1 aliphatic heterocycles. The molecule has 1 heteroatoms. The van der Waals surface area contributed by atoms with Crippen molar-refractivity contribution in [2.45, 2.75) is 11.5 Å². The van der Waals surface area contributed by atoms with E-state index in [1.54, 1.807) is 10.8 Å². The van der Waals surface area contributed by atoms with Gasteiger partial charge in [0.25, 0.3) is 0 Å². The van der Waals surface area contributed by atoms with Crippen molar-refractivity contribution in [3.8, 4) is 0 Å². The molecule has 0 nitrogen and oxygen atoms in total. The van der Waals surface area contributed by atoms with Crippen LogP contribution in [-0.4, -0.2) is 9.52 Å². The Labute approximate surface area is 80.8 Å². The Morgan fingerprint density at radius 1 is 1.00 bits per heavy atom. The molecule has 13 heavy (non-hydrogen) atoms. The first kappa shape index (κ1) is 7.33. The van der Waals surface area contributed by atoms with Crippen LogP contribution in [0.1, 0.15) is 11.5 Å². The average molecular weight is 184 g/mol. The zero-order valence-corrected chi connectivity index (χ0v) is 8.89. The van der Waals surface area contributed by atoms with E-state index in [-0.39, 0.29) is 9.52 Å². The van der Waals surface area contributed by atoms with Gasteiger partial charge in [0.05, 0.1) is 9.52 Å². The fourth-order valence-corrected chi connectivity index (χ4v) is 4.81. The van der Waals surface area contributed by atoms with Crippen molar-refractivity contribution in [2.24, 2.45) is 0 Å². The van der Waals surface area contributed by atoms with Crippen LogP contribution in [0.2, 0.25) is 5.54 Å². The van der Waals surface area contributed by atoms with Gasteiger partial charge in [-0.2, -0.15) is 0 Å². The molecule has 1 aromatic carbocycles. The molecule has 2 atom stereocenters. The number of fused-ring (bicyclic) bond motifs is 3. The molecule has 1 heterocycles. The highest BCUT2D eigenvalue weighted by molar-refractivity contribution is 6.58. The molecule has 0 amide bonds. The van der Waals surface area contributed by atoms with Gasteiger partial charge in [-0.1, -0.05) is 53.8 Å². The van der Waals surface area contributed by atoms with E-state index >= 15 is 0 Å². The first-order chi connectivity index (χ1) is 6.45. The number of allylic oxidation sites excluding steroid dienone is 4. The van der Waals surface area contributed by atoms with Gasteiger partial charge >= 0.3 is 0 Å². The Morgan fingerprint density at radius 2 is 1.85 bits per heavy atom. The molecule has 1 aromatic rings. The molecular formula is C12H12Si. The molecule has 0 spiro atoms. The number of hydrogen-bond donors (Lipinski definition) is 0. The van der Waals surface area contributed by atoms with E-state index in [1.807, 2.05) is 0 Å². The van der Waals surface area contributed by atoms with Crippen molar-refractivity contribution in [1.29, 1.82) is 0 Å². The second-order valence-corrected chi connectivity index (χ2v) is 5.98. The zero-order valence-electron chi connectivity index (χ0n) is 7.48. The highest BCUT2D eigenvalue weighted by Crippen LogP contribution is 2.37. The Bertz CT molecular complexity index is 390. The number of benzene rings is 1. The fourth-order valence-electron chi connectivity index (χ4n) is 2.48. The molecule has 0 radical (unpaired) electrons. The molecule has 0 fully saturated rings. The van der Waals surface area contributed by atoms with Crippen LogP contribution in [0, 0.1) is 0 Å². The van der Waals surface area contributed by atoms with Crippen LogP contribution in [0.3, 0.4) is 0 Å². The molecule has 0 saturated carbocycles. The van der Waals surface area contributed by atoms with Gasteiger partial charge in [0, 0.05) is 5.92 Å². The molecule has 1 aliphatic carbocycles. The first-order valence-corrected chi connectivity index (χ1v) is 6.40. The molecule has 0 saturated heterocycles. The highest BCUT2D eigenvalue weighted by Gasteiger charge is 2.29. The Hall–Kier alpha value is -1.08. The van der Waals surface area contributed by atoms with Crippen molar-refractivity contribution < 1.29 is 0 Å². The lowest BCUT2D eigenvalue weighted by atomic mass is 9.93. The van der Waals surface area contributed by atoms with Crippen molar-refractivity contribution in [3.63, 3.8) is 0 Å². The van der Waals surface area contributed by atoms with E-state index in [2.05, 4.69) is 48.6 Å². The van der Waals surface area contributed by atoms with Crippen LogP contribution in [0.25, 0.3) is 0 Å². The van der Waals surface area contributed by atoms with E-state index in [0.29, 0.717) is 5.92 Å². The standard InChI is InChI=1S/C12H12Si/c1-3-7-11-9(5-1)10-6-2-4-8-12(10)13-11/h1-9,11H,13H2. The summed E-state index contributed by atoms with van der Waals surface area (Å²) in [5.41, 5.74) is 2.46. The lowest BCUT2D eigenvalue weighted by Gasteiger charge is -2.15. The largest absolute Gasteiger partial charge is 0.0834 e. The molecule has 2 unspecified atom stereocenters. The third kappa shape index (κ3) is 1.04. The van der Waals surface area contributed by atoms with Gasteiger partial charge in [-0.3, -0.25) is 0 Å². The van der Waals surface area contributed by atoms with Crippen molar-refractivity contribution >= 4 is 14.7 Å². The minimum atomic E-state index is -0.0397. The molecular weight excluding hydrogens is 172 g/mol. The first-order valence-electron chi connectivity index (χ1n) is 4.88. The van der Waals surface area contributed by atoms with Crippen molar-refractivity contribution in [2.75, 3.05) is 0 Å². The quantitative estimate of drug-likeness (QED) is 0.536. The summed E-state index contributed by atoms with van der Waals surface area (Å²) < 4.78 is 0. The molecule has 0 aromatic heterocycles. The van der Waals surface area contributed by atoms with Crippen molar-refractivity contribution in [1.82, 2.24) is 0 Å². The monoisotopic (exact) mass is 184 g/mol. The topological polar surface area (TPSA) is 0 Å². The summed E-state index contributed by atoms with van der Waals surface area (Å²) in [5.74, 6) is 0.716. The summed E-state index contributed by atoms with van der Waals surface area (Å²) in [6.07, 6.45) is 9.16. The van der Waals surface area contributed by atoms with Crippen LogP contribution in [-0.2, 0) is 0 Å². The third-order valence-electron chi connectivity index (χ3n) is 3.12. The summed E-state index contributed by atoms with van der Waals surface area (Å²) in [7, 11) is -0.0397. The van der Waals surface area contributed by atoms with E-state index in [9.17, 15) is 0 Å². The van der Waals surface area contributed by atoms with Gasteiger partial charge in [-0.15, -0.1) is 0 Å². The lowest BCUT2D eigenvalue weighted by Crippen LogP contribution is -2.11. The molecule has 64 valence electrons. The van der Waals surface area contributed by atoms with Crippen LogP contribution in [0.15, 0.2) is 48.6 Å². The predicted octanol–water partition coefficient (Wildman–Crippen LogP) is 1.49. The minimum Gasteiger partial charge on any atom is -0.0834 e. The van der Waals surface area contributed by atoms with Crippen LogP contribution in [0.5, 0.6) is 0 Å². The summed E-state index contributed by atoms with van der Waals surface area (Å²) in [4.78, 5) is 0. The van der Waals surface area contributed by atoms with Gasteiger partial charge in [-0.25, -0.2) is 0 Å². The lowest BCUT2D eigenvalue weighted by molar-refractivity contribution is 0.872. The molecule has 0 bridgehead atoms. The second-order valence-electron chi connectivity index (χ2n) is 3.86. The fraction of sp³-hybridized carbons (Fsp3) is 0.167. The van der Waals surface area contributed by atoms with Crippen LogP contribution < -0.4 is 5.19 Å². The smallest absolute Gasteiger partial charge is 0.0632 e. The molecule has 2 aliphatic rings. The SMILES string of the molecule is C1=CC2[SiH2]c3ccccc3C2C=C1. The van der Waals surface area contributed by atoms with E-state index in [4.69, 9.17) is 0 Å². The molecule has 0 N–H and O–H groups in total. The van der Waals surface area contributed by atoms with Gasteiger partial charge < -0.3 is 0 Å². The molecule has 3 rings (SSSR count). The summed E-state index contributed by atoms with van der Waals surface area (Å²) in [5, 5.41) is 1.67. The highest BCUT2D eigenvalue weighted by atomic mass is 28.2. The Balaban J connectivity index is 2.12. The van der Waals surface area contributed by atoms with E-state index in [1.165, 1.54) is 0 Å². The van der Waals surface area contributed by atoms with E-state index < -0.39 is 0 Å². The van der Waals surface area contributed by atoms with Crippen molar-refractivity contribution in [3.05, 3.63) is 54.1 Å². The van der Waals surface area contributed by atoms with Gasteiger partial charge in [-0.05, 0) is 11.1 Å². The van der Waals surface area contributed by atoms with Crippen LogP contribution in [0.4, 0.5) is 0 Å². The number of hydrogen-bond acceptors (Lipinski definition) is 0. The van der Waals surface area contributed by atoms with Gasteiger partial charge in [0.1, 0.15) is 0 Å². The maximum atomic E-state index is 2.40. The van der Waals surface area contributed by atoms with E-state index in [0.717, 1.165) is 5.54 Å². The maximum Gasteiger partial charge on any atom is 0.0632 e. The minimum absolute atomic E-state index is 0.0397. The third-order valence-corrected chi connectivity index (χ3v) is 5.45. The summed E-state index contributed by atoms with van der Waals surface area (Å²) in [6.45, 7) is 0. The maximum absolute atomic E-state index is 2.40. The second kappa shape index (κ2) is 2.71.